The molecule has 5 heteroatoms. The van der Waals surface area contributed by atoms with E-state index in [9.17, 15) is 4.79 Å². The number of nitrogens with one attached hydrogen (secondary N) is 2. The molecule has 19 heavy (non-hydrogen) atoms. The van der Waals surface area contributed by atoms with Crippen LogP contribution in [0.15, 0.2) is 24.3 Å². The fourth-order valence-corrected chi connectivity index (χ4v) is 1.83. The van der Waals surface area contributed by atoms with Crippen LogP contribution in [0.2, 0.25) is 0 Å². The maximum atomic E-state index is 10.7. The minimum Gasteiger partial charge on any atom is -0.351 e. The van der Waals surface area contributed by atoms with Crippen LogP contribution in [0.4, 0.5) is 10.5 Å². The number of rotatable bonds is 7. The molecule has 2 amide bonds. The van der Waals surface area contributed by atoms with E-state index in [0.29, 0.717) is 6.04 Å². The number of anilines is 1. The minimum absolute atomic E-state index is 0.296. The Morgan fingerprint density at radius 3 is 2.47 bits per heavy atom. The molecule has 1 unspecified atom stereocenters. The van der Waals surface area contributed by atoms with Crippen molar-refractivity contribution >= 4 is 11.7 Å². The number of urea groups is 1. The van der Waals surface area contributed by atoms with Gasteiger partial charge in [-0.3, -0.25) is 0 Å². The monoisotopic (exact) mass is 264 g/mol. The Kier molecular flexibility index (Phi) is 6.32. The second kappa shape index (κ2) is 7.76. The van der Waals surface area contributed by atoms with Gasteiger partial charge in [-0.1, -0.05) is 12.1 Å². The van der Waals surface area contributed by atoms with E-state index < -0.39 is 6.03 Å². The molecule has 1 aromatic carbocycles. The van der Waals surface area contributed by atoms with Crippen LogP contribution >= 0.6 is 0 Å². The topological polar surface area (TPSA) is 70.4 Å². The second-order valence-electron chi connectivity index (χ2n) is 4.94. The predicted octanol–water partition coefficient (Wildman–Crippen LogP) is 1.78. The lowest BCUT2D eigenvalue weighted by Gasteiger charge is -2.16. The summed E-state index contributed by atoms with van der Waals surface area (Å²) in [6.07, 6.45) is 1.12. The molecule has 0 aliphatic heterocycles. The fraction of sp³-hybridized carbons (Fsp3) is 0.500. The fourth-order valence-electron chi connectivity index (χ4n) is 1.83. The summed E-state index contributed by atoms with van der Waals surface area (Å²) in [4.78, 5) is 12.9. The molecule has 0 radical (unpaired) electrons. The highest BCUT2D eigenvalue weighted by Crippen LogP contribution is 2.15. The quantitative estimate of drug-likeness (QED) is 0.657. The Morgan fingerprint density at radius 2 is 1.95 bits per heavy atom. The maximum Gasteiger partial charge on any atom is 0.316 e. The van der Waals surface area contributed by atoms with E-state index >= 15 is 0 Å². The number of carbonyl (C=O) groups excluding carboxylic acids is 1. The van der Waals surface area contributed by atoms with E-state index in [4.69, 9.17) is 5.73 Å². The minimum atomic E-state index is -0.539. The van der Waals surface area contributed by atoms with Crippen molar-refractivity contribution in [2.24, 2.45) is 5.73 Å². The van der Waals surface area contributed by atoms with Gasteiger partial charge in [0, 0.05) is 11.7 Å². The summed E-state index contributed by atoms with van der Waals surface area (Å²) in [5.41, 5.74) is 6.97. The Morgan fingerprint density at radius 1 is 1.32 bits per heavy atom. The van der Waals surface area contributed by atoms with Gasteiger partial charge in [-0.2, -0.15) is 0 Å². The van der Waals surface area contributed by atoms with Crippen LogP contribution in [0.3, 0.4) is 0 Å². The molecule has 5 nitrogen and oxygen atoms in total. The summed E-state index contributed by atoms with van der Waals surface area (Å²) >= 11 is 0. The average molecular weight is 264 g/mol. The molecule has 0 aliphatic rings. The van der Waals surface area contributed by atoms with E-state index in [-0.39, 0.29) is 0 Å². The summed E-state index contributed by atoms with van der Waals surface area (Å²) < 4.78 is 0. The van der Waals surface area contributed by atoms with Gasteiger partial charge in [-0.05, 0) is 58.2 Å². The highest BCUT2D eigenvalue weighted by molar-refractivity contribution is 5.87. The van der Waals surface area contributed by atoms with Crippen LogP contribution in [-0.4, -0.2) is 38.1 Å². The van der Waals surface area contributed by atoms with Crippen LogP contribution in [-0.2, 0) is 0 Å². The SMILES string of the molecule is CC(NCCCN(C)C)c1ccc(NC(N)=O)cc1. The lowest BCUT2D eigenvalue weighted by atomic mass is 10.1. The Hall–Kier alpha value is -1.59. The first-order valence-corrected chi connectivity index (χ1v) is 6.53. The summed E-state index contributed by atoms with van der Waals surface area (Å²) in [6.45, 7) is 4.20. The third-order valence-electron chi connectivity index (χ3n) is 2.91. The number of benzene rings is 1. The Bertz CT molecular complexity index is 389. The van der Waals surface area contributed by atoms with Crippen molar-refractivity contribution < 1.29 is 4.79 Å². The molecule has 0 heterocycles. The van der Waals surface area contributed by atoms with Crippen molar-refractivity contribution in [1.82, 2.24) is 10.2 Å². The first kappa shape index (κ1) is 15.5. The zero-order chi connectivity index (χ0) is 14.3. The van der Waals surface area contributed by atoms with Gasteiger partial charge in [-0.15, -0.1) is 0 Å². The van der Waals surface area contributed by atoms with Crippen molar-refractivity contribution in [1.29, 1.82) is 0 Å². The molecule has 1 atom stereocenters. The molecule has 0 saturated heterocycles. The number of hydrogen-bond donors (Lipinski definition) is 3. The molecular weight excluding hydrogens is 240 g/mol. The number of carbonyl (C=O) groups is 1. The molecule has 0 fully saturated rings. The number of amides is 2. The molecule has 0 spiro atoms. The summed E-state index contributed by atoms with van der Waals surface area (Å²) in [7, 11) is 4.15. The molecule has 0 aliphatic carbocycles. The molecule has 1 rings (SSSR count). The van der Waals surface area contributed by atoms with Crippen LogP contribution < -0.4 is 16.4 Å². The van der Waals surface area contributed by atoms with Gasteiger partial charge in [0.05, 0.1) is 0 Å². The van der Waals surface area contributed by atoms with Gasteiger partial charge in [0.25, 0.3) is 0 Å². The number of nitrogens with zero attached hydrogens (tertiary/aromatic N) is 1. The summed E-state index contributed by atoms with van der Waals surface area (Å²) in [5.74, 6) is 0. The third-order valence-corrected chi connectivity index (χ3v) is 2.91. The molecular formula is C14H24N4O. The van der Waals surface area contributed by atoms with E-state index in [2.05, 4.69) is 36.6 Å². The van der Waals surface area contributed by atoms with Crippen molar-refractivity contribution in [3.8, 4) is 0 Å². The zero-order valence-corrected chi connectivity index (χ0v) is 11.9. The number of hydrogen-bond acceptors (Lipinski definition) is 3. The lowest BCUT2D eigenvalue weighted by molar-refractivity contribution is 0.259. The van der Waals surface area contributed by atoms with E-state index in [1.165, 1.54) is 5.56 Å². The van der Waals surface area contributed by atoms with Crippen molar-refractivity contribution in [3.05, 3.63) is 29.8 Å². The maximum absolute atomic E-state index is 10.7. The summed E-state index contributed by atoms with van der Waals surface area (Å²) in [5, 5.41) is 6.02. The normalized spacial score (nSPS) is 12.4. The van der Waals surface area contributed by atoms with Crippen LogP contribution in [0.5, 0.6) is 0 Å². The van der Waals surface area contributed by atoms with Gasteiger partial charge in [-0.25, -0.2) is 4.79 Å². The first-order valence-electron chi connectivity index (χ1n) is 6.53. The molecule has 0 bridgehead atoms. The van der Waals surface area contributed by atoms with Crippen LogP contribution in [0, 0.1) is 0 Å². The zero-order valence-electron chi connectivity index (χ0n) is 11.9. The molecule has 0 aromatic heterocycles. The highest BCUT2D eigenvalue weighted by atomic mass is 16.2. The smallest absolute Gasteiger partial charge is 0.316 e. The molecule has 1 aromatic rings. The van der Waals surface area contributed by atoms with Crippen molar-refractivity contribution in [3.63, 3.8) is 0 Å². The third kappa shape index (κ3) is 6.22. The number of nitrogens with two attached hydrogens (primary N) is 1. The van der Waals surface area contributed by atoms with E-state index in [1.807, 2.05) is 24.3 Å². The van der Waals surface area contributed by atoms with Crippen molar-refractivity contribution in [2.45, 2.75) is 19.4 Å². The molecule has 4 N–H and O–H groups in total. The summed E-state index contributed by atoms with van der Waals surface area (Å²) in [6, 6.07) is 7.47. The van der Waals surface area contributed by atoms with E-state index in [1.54, 1.807) is 0 Å². The molecule has 106 valence electrons. The van der Waals surface area contributed by atoms with Gasteiger partial charge in [0.2, 0.25) is 0 Å². The lowest BCUT2D eigenvalue weighted by Crippen LogP contribution is -2.24. The average Bonchev–Trinajstić information content (AvgIpc) is 2.34. The second-order valence-corrected chi connectivity index (χ2v) is 4.94. The number of primary amides is 1. The van der Waals surface area contributed by atoms with Gasteiger partial charge < -0.3 is 21.3 Å². The van der Waals surface area contributed by atoms with Gasteiger partial charge in [0.15, 0.2) is 0 Å². The predicted molar refractivity (Wildman–Crippen MR) is 79.2 cm³/mol. The Balaban J connectivity index is 2.39. The first-order chi connectivity index (χ1) is 8.99. The Labute approximate surface area is 115 Å². The van der Waals surface area contributed by atoms with Crippen molar-refractivity contribution in [2.75, 3.05) is 32.5 Å². The largest absolute Gasteiger partial charge is 0.351 e. The highest BCUT2D eigenvalue weighted by Gasteiger charge is 2.04. The van der Waals surface area contributed by atoms with Crippen LogP contribution in [0.25, 0.3) is 0 Å². The van der Waals surface area contributed by atoms with E-state index in [0.717, 1.165) is 25.2 Å². The standard InChI is InChI=1S/C14H24N4O/c1-11(16-9-4-10-18(2)3)12-5-7-13(8-6-12)17-14(15)19/h5-8,11,16H,4,9-10H2,1-3H3,(H3,15,17,19). The van der Waals surface area contributed by atoms with Crippen LogP contribution in [0.1, 0.15) is 24.9 Å². The van der Waals surface area contributed by atoms with Gasteiger partial charge in [0.1, 0.15) is 0 Å². The molecule has 0 saturated carbocycles. The van der Waals surface area contributed by atoms with Gasteiger partial charge >= 0.3 is 6.03 Å².